The fourth-order valence-corrected chi connectivity index (χ4v) is 6.34. The summed E-state index contributed by atoms with van der Waals surface area (Å²) in [5, 5.41) is 11.8. The van der Waals surface area contributed by atoms with Crippen LogP contribution in [0.5, 0.6) is 0 Å². The molecule has 0 radical (unpaired) electrons. The van der Waals surface area contributed by atoms with Crippen molar-refractivity contribution < 1.29 is 18.1 Å². The molecule has 1 aliphatic heterocycles. The van der Waals surface area contributed by atoms with E-state index < -0.39 is 14.9 Å². The molecule has 0 N–H and O–H groups in total. The number of anilines is 1. The average molecular weight is 528 g/mol. The number of non-ortho nitro benzene ring substituents is 1. The van der Waals surface area contributed by atoms with Gasteiger partial charge in [0.15, 0.2) is 5.13 Å². The summed E-state index contributed by atoms with van der Waals surface area (Å²) in [6.07, 6.45) is 3.02. The number of carbonyl (C=O) groups excluding carboxylic acids is 1. The highest BCUT2D eigenvalue weighted by molar-refractivity contribution is 7.89. The third-order valence-electron chi connectivity index (χ3n) is 5.81. The standard InChI is InChI=1S/C24H25N5O5S2/c1-3-11-28(12-4-2)36(33,34)20-8-5-18(6-9-20)23(30)26-13-15-27(16-14-26)24-25-21-10-7-19(29(31)32)17-22(21)35-24/h3-10,17H,1-2,11-16H2. The van der Waals surface area contributed by atoms with Crippen molar-refractivity contribution >= 4 is 48.3 Å². The van der Waals surface area contributed by atoms with Gasteiger partial charge in [-0.15, -0.1) is 13.2 Å². The Morgan fingerprint density at radius 1 is 1.08 bits per heavy atom. The molecular formula is C24H25N5O5S2. The summed E-state index contributed by atoms with van der Waals surface area (Å²) in [4.78, 5) is 32.1. The largest absolute Gasteiger partial charge is 0.345 e. The number of thiazole rings is 1. The molecule has 0 atom stereocenters. The molecule has 0 bridgehead atoms. The van der Waals surface area contributed by atoms with Gasteiger partial charge in [0.25, 0.3) is 11.6 Å². The highest BCUT2D eigenvalue weighted by atomic mass is 32.2. The monoisotopic (exact) mass is 527 g/mol. The maximum atomic E-state index is 13.0. The van der Waals surface area contributed by atoms with Crippen molar-refractivity contribution in [3.8, 4) is 0 Å². The summed E-state index contributed by atoms with van der Waals surface area (Å²) in [5.74, 6) is -0.174. The van der Waals surface area contributed by atoms with E-state index in [9.17, 15) is 23.3 Å². The second-order valence-electron chi connectivity index (χ2n) is 8.11. The maximum Gasteiger partial charge on any atom is 0.270 e. The molecule has 3 aromatic rings. The summed E-state index contributed by atoms with van der Waals surface area (Å²) < 4.78 is 27.7. The Kier molecular flexibility index (Phi) is 7.48. The Morgan fingerprint density at radius 3 is 2.31 bits per heavy atom. The molecule has 0 unspecified atom stereocenters. The van der Waals surface area contributed by atoms with Gasteiger partial charge in [-0.25, -0.2) is 13.4 Å². The first-order chi connectivity index (χ1) is 17.2. The Bertz CT molecular complexity index is 1400. The summed E-state index contributed by atoms with van der Waals surface area (Å²) in [6.45, 7) is 9.60. The van der Waals surface area contributed by atoms with Gasteiger partial charge in [-0.05, 0) is 30.3 Å². The number of piperazine rings is 1. The summed E-state index contributed by atoms with van der Waals surface area (Å²) in [5.41, 5.74) is 1.14. The van der Waals surface area contributed by atoms with E-state index in [2.05, 4.69) is 23.0 Å². The number of sulfonamides is 1. The zero-order valence-electron chi connectivity index (χ0n) is 19.4. The molecule has 0 saturated carbocycles. The van der Waals surface area contributed by atoms with Crippen LogP contribution in [0.25, 0.3) is 10.2 Å². The van der Waals surface area contributed by atoms with E-state index in [1.165, 1.54) is 64.2 Å². The lowest BCUT2D eigenvalue weighted by Gasteiger charge is -2.34. The molecule has 0 spiro atoms. The lowest BCUT2D eigenvalue weighted by molar-refractivity contribution is -0.384. The zero-order chi connectivity index (χ0) is 25.9. The topological polar surface area (TPSA) is 117 Å². The third-order valence-corrected chi connectivity index (χ3v) is 8.74. The van der Waals surface area contributed by atoms with Gasteiger partial charge in [-0.3, -0.25) is 14.9 Å². The number of nitro benzene ring substituents is 1. The molecule has 2 heterocycles. The number of hydrogen-bond donors (Lipinski definition) is 0. The number of carbonyl (C=O) groups is 1. The van der Waals surface area contributed by atoms with Crippen molar-refractivity contribution in [2.45, 2.75) is 4.90 Å². The second kappa shape index (κ2) is 10.6. The molecule has 1 fully saturated rings. The number of benzene rings is 2. The Hall–Kier alpha value is -3.61. The predicted molar refractivity (Wildman–Crippen MR) is 140 cm³/mol. The highest BCUT2D eigenvalue weighted by Crippen LogP contribution is 2.32. The van der Waals surface area contributed by atoms with Crippen LogP contribution in [0, 0.1) is 10.1 Å². The van der Waals surface area contributed by atoms with Crippen LogP contribution >= 0.6 is 11.3 Å². The van der Waals surface area contributed by atoms with Crippen LogP contribution in [0.3, 0.4) is 0 Å². The molecule has 10 nitrogen and oxygen atoms in total. The predicted octanol–water partition coefficient (Wildman–Crippen LogP) is 3.53. The van der Waals surface area contributed by atoms with Gasteiger partial charge < -0.3 is 9.80 Å². The van der Waals surface area contributed by atoms with E-state index in [4.69, 9.17) is 0 Å². The quantitative estimate of drug-likeness (QED) is 0.237. The van der Waals surface area contributed by atoms with E-state index >= 15 is 0 Å². The van der Waals surface area contributed by atoms with Crippen molar-refractivity contribution in [3.05, 3.63) is 83.5 Å². The van der Waals surface area contributed by atoms with Gasteiger partial charge >= 0.3 is 0 Å². The zero-order valence-corrected chi connectivity index (χ0v) is 21.1. The first-order valence-corrected chi connectivity index (χ1v) is 13.4. The molecule has 12 heteroatoms. The van der Waals surface area contributed by atoms with E-state index in [0.717, 1.165) is 9.83 Å². The molecule has 4 rings (SSSR count). The molecule has 36 heavy (non-hydrogen) atoms. The second-order valence-corrected chi connectivity index (χ2v) is 11.1. The molecular weight excluding hydrogens is 502 g/mol. The minimum absolute atomic E-state index is 0.0288. The fraction of sp³-hybridized carbons (Fsp3) is 0.250. The number of fused-ring (bicyclic) bond motifs is 1. The Labute approximate surface area is 213 Å². The first-order valence-electron chi connectivity index (χ1n) is 11.2. The molecule has 1 amide bonds. The fourth-order valence-electron chi connectivity index (χ4n) is 3.91. The maximum absolute atomic E-state index is 13.0. The van der Waals surface area contributed by atoms with Crippen molar-refractivity contribution in [2.75, 3.05) is 44.2 Å². The molecule has 0 aliphatic carbocycles. The van der Waals surface area contributed by atoms with Gasteiger partial charge in [-0.1, -0.05) is 23.5 Å². The lowest BCUT2D eigenvalue weighted by atomic mass is 10.2. The normalized spacial score (nSPS) is 14.2. The van der Waals surface area contributed by atoms with Crippen LogP contribution in [0.4, 0.5) is 10.8 Å². The molecule has 188 valence electrons. The summed E-state index contributed by atoms with van der Waals surface area (Å²) in [7, 11) is -3.73. The molecule has 2 aromatic carbocycles. The van der Waals surface area contributed by atoms with Gasteiger partial charge in [-0.2, -0.15) is 4.31 Å². The van der Waals surface area contributed by atoms with Crippen molar-refractivity contribution in [1.82, 2.24) is 14.2 Å². The summed E-state index contributed by atoms with van der Waals surface area (Å²) >= 11 is 1.39. The number of rotatable bonds is 9. The van der Waals surface area contributed by atoms with E-state index in [1.807, 2.05) is 0 Å². The minimum atomic E-state index is -3.73. The van der Waals surface area contributed by atoms with Gasteiger partial charge in [0.2, 0.25) is 10.0 Å². The van der Waals surface area contributed by atoms with Crippen LogP contribution in [0.15, 0.2) is 72.7 Å². The van der Waals surface area contributed by atoms with Crippen molar-refractivity contribution in [3.63, 3.8) is 0 Å². The van der Waals surface area contributed by atoms with Crippen LogP contribution in [-0.2, 0) is 10.0 Å². The lowest BCUT2D eigenvalue weighted by Crippen LogP contribution is -2.48. The number of amides is 1. The molecule has 1 saturated heterocycles. The van der Waals surface area contributed by atoms with Gasteiger partial charge in [0.1, 0.15) is 0 Å². The SMILES string of the molecule is C=CCN(CC=C)S(=O)(=O)c1ccc(C(=O)N2CCN(c3nc4ccc([N+](=O)[O-])cc4s3)CC2)cc1. The molecule has 1 aliphatic rings. The number of nitro groups is 1. The van der Waals surface area contributed by atoms with E-state index in [1.54, 1.807) is 11.0 Å². The van der Waals surface area contributed by atoms with Crippen LogP contribution in [-0.4, -0.2) is 72.7 Å². The Morgan fingerprint density at radius 2 is 1.72 bits per heavy atom. The minimum Gasteiger partial charge on any atom is -0.345 e. The van der Waals surface area contributed by atoms with E-state index in [0.29, 0.717) is 37.3 Å². The Balaban J connectivity index is 1.41. The summed E-state index contributed by atoms with van der Waals surface area (Å²) in [6, 6.07) is 10.6. The van der Waals surface area contributed by atoms with Gasteiger partial charge in [0, 0.05) is 57.0 Å². The number of nitrogens with zero attached hydrogens (tertiary/aromatic N) is 5. The van der Waals surface area contributed by atoms with Crippen LogP contribution < -0.4 is 4.90 Å². The van der Waals surface area contributed by atoms with Crippen LogP contribution in [0.2, 0.25) is 0 Å². The smallest absolute Gasteiger partial charge is 0.270 e. The van der Waals surface area contributed by atoms with Gasteiger partial charge in [0.05, 0.1) is 20.0 Å². The van der Waals surface area contributed by atoms with Crippen molar-refractivity contribution in [1.29, 1.82) is 0 Å². The number of aromatic nitrogens is 1. The number of hydrogen-bond acceptors (Lipinski definition) is 8. The average Bonchev–Trinajstić information content (AvgIpc) is 3.32. The van der Waals surface area contributed by atoms with Crippen LogP contribution in [0.1, 0.15) is 10.4 Å². The molecule has 1 aromatic heterocycles. The van der Waals surface area contributed by atoms with Crippen molar-refractivity contribution in [2.24, 2.45) is 0 Å². The highest BCUT2D eigenvalue weighted by Gasteiger charge is 2.26. The van der Waals surface area contributed by atoms with E-state index in [-0.39, 0.29) is 29.6 Å². The third kappa shape index (κ3) is 5.15. The first kappa shape index (κ1) is 25.5.